The first-order valence-electron chi connectivity index (χ1n) is 10.2. The molecule has 2 aromatic carbocycles. The Morgan fingerprint density at radius 2 is 1.97 bits per heavy atom. The largest absolute Gasteiger partial charge is 0.394 e. The monoisotopic (exact) mass is 478 g/mol. The molecule has 1 amide bonds. The number of fused-ring (bicyclic) bond motifs is 1. The maximum atomic E-state index is 13.1. The van der Waals surface area contributed by atoms with Crippen molar-refractivity contribution in [3.63, 3.8) is 0 Å². The molecule has 9 heteroatoms. The first kappa shape index (κ1) is 23.0. The summed E-state index contributed by atoms with van der Waals surface area (Å²) >= 11 is 12.2. The quantitative estimate of drug-likeness (QED) is 0.451. The highest BCUT2D eigenvalue weighted by Crippen LogP contribution is 2.27. The van der Waals surface area contributed by atoms with Crippen LogP contribution in [-0.4, -0.2) is 56.9 Å². The highest BCUT2D eigenvalue weighted by molar-refractivity contribution is 6.42. The zero-order valence-electron chi connectivity index (χ0n) is 17.3. The fourth-order valence-corrected chi connectivity index (χ4v) is 4.33. The predicted octanol–water partition coefficient (Wildman–Crippen LogP) is 2.86. The first-order valence-corrected chi connectivity index (χ1v) is 11.0. The van der Waals surface area contributed by atoms with Gasteiger partial charge >= 0.3 is 0 Å². The molecular weight excluding hydrogens is 455 g/mol. The molecule has 4 N–H and O–H groups in total. The lowest BCUT2D eigenvalue weighted by Crippen LogP contribution is -2.57. The van der Waals surface area contributed by atoms with Crippen LogP contribution in [0.25, 0.3) is 10.9 Å². The van der Waals surface area contributed by atoms with Gasteiger partial charge in [0.2, 0.25) is 0 Å². The lowest BCUT2D eigenvalue weighted by molar-refractivity contribution is -0.212. The Morgan fingerprint density at radius 3 is 2.66 bits per heavy atom. The second-order valence-electron chi connectivity index (χ2n) is 8.07. The lowest BCUT2D eigenvalue weighted by atomic mass is 10.00. The molecule has 170 valence electrons. The molecule has 1 aromatic heterocycles. The molecule has 0 saturated carbocycles. The molecule has 4 atom stereocenters. The van der Waals surface area contributed by atoms with E-state index < -0.39 is 30.4 Å². The van der Waals surface area contributed by atoms with E-state index in [4.69, 9.17) is 27.9 Å². The SMILES string of the molecule is Cc1ccc2c(C(=O)N[C@@H]3C(O)CC(CO)OC3O)cn(Cc3ccc(Cl)c(Cl)c3)c2c1. The van der Waals surface area contributed by atoms with Crippen molar-refractivity contribution in [1.82, 2.24) is 9.88 Å². The third-order valence-corrected chi connectivity index (χ3v) is 6.42. The van der Waals surface area contributed by atoms with Crippen molar-refractivity contribution in [3.05, 3.63) is 69.3 Å². The number of rotatable bonds is 5. The Balaban J connectivity index is 1.64. The van der Waals surface area contributed by atoms with Gasteiger partial charge in [-0.2, -0.15) is 0 Å². The fourth-order valence-electron chi connectivity index (χ4n) is 4.01. The topological polar surface area (TPSA) is 104 Å². The molecule has 1 aliphatic rings. The number of benzene rings is 2. The predicted molar refractivity (Wildman–Crippen MR) is 122 cm³/mol. The van der Waals surface area contributed by atoms with Gasteiger partial charge in [-0.25, -0.2) is 0 Å². The van der Waals surface area contributed by atoms with Crippen molar-refractivity contribution in [2.24, 2.45) is 0 Å². The number of carbonyl (C=O) groups is 1. The van der Waals surface area contributed by atoms with Crippen LogP contribution in [0.15, 0.2) is 42.6 Å². The third-order valence-electron chi connectivity index (χ3n) is 5.68. The van der Waals surface area contributed by atoms with Crippen LogP contribution in [0, 0.1) is 6.92 Å². The smallest absolute Gasteiger partial charge is 0.253 e. The molecule has 3 unspecified atom stereocenters. The van der Waals surface area contributed by atoms with Gasteiger partial charge in [0, 0.05) is 30.1 Å². The molecule has 2 heterocycles. The van der Waals surface area contributed by atoms with E-state index in [0.29, 0.717) is 22.2 Å². The fraction of sp³-hybridized carbons (Fsp3) is 0.348. The standard InChI is InChI=1S/C23H24Cl2N2O5/c1-12-2-4-15-16(22(30)26-21-20(29)8-14(11-28)32-23(21)31)10-27(19(15)6-12)9-13-3-5-17(24)18(25)7-13/h2-7,10,14,20-21,23,28-29,31H,8-9,11H2,1H3,(H,26,30)/t14?,20?,21-,23?/m1/s1. The van der Waals surface area contributed by atoms with E-state index in [9.17, 15) is 20.1 Å². The normalized spacial score (nSPS) is 23.4. The van der Waals surface area contributed by atoms with E-state index in [-0.39, 0.29) is 13.0 Å². The van der Waals surface area contributed by atoms with Crippen LogP contribution in [0.5, 0.6) is 0 Å². The molecule has 0 spiro atoms. The zero-order chi connectivity index (χ0) is 23.0. The summed E-state index contributed by atoms with van der Waals surface area (Å²) in [6.07, 6.45) is -1.31. The average molecular weight is 479 g/mol. The van der Waals surface area contributed by atoms with Crippen molar-refractivity contribution in [3.8, 4) is 0 Å². The van der Waals surface area contributed by atoms with Crippen LogP contribution in [0.1, 0.15) is 27.9 Å². The molecule has 7 nitrogen and oxygen atoms in total. The molecule has 1 aliphatic heterocycles. The third kappa shape index (κ3) is 4.64. The Morgan fingerprint density at radius 1 is 1.19 bits per heavy atom. The van der Waals surface area contributed by atoms with Crippen molar-refractivity contribution in [2.75, 3.05) is 6.61 Å². The van der Waals surface area contributed by atoms with E-state index in [0.717, 1.165) is 22.0 Å². The number of nitrogens with one attached hydrogen (secondary N) is 1. The highest BCUT2D eigenvalue weighted by atomic mass is 35.5. The number of hydrogen-bond donors (Lipinski definition) is 4. The number of aliphatic hydroxyl groups excluding tert-OH is 3. The Hall–Kier alpha value is -2.13. The van der Waals surface area contributed by atoms with Crippen molar-refractivity contribution >= 4 is 40.0 Å². The number of aliphatic hydroxyl groups is 3. The van der Waals surface area contributed by atoms with Gasteiger partial charge in [-0.1, -0.05) is 41.4 Å². The summed E-state index contributed by atoms with van der Waals surface area (Å²) in [5.41, 5.74) is 3.23. The van der Waals surface area contributed by atoms with Crippen LogP contribution >= 0.6 is 23.2 Å². The molecule has 1 saturated heterocycles. The average Bonchev–Trinajstić information content (AvgIpc) is 3.10. The number of amides is 1. The van der Waals surface area contributed by atoms with E-state index >= 15 is 0 Å². The Bertz CT molecular complexity index is 1140. The van der Waals surface area contributed by atoms with Gasteiger partial charge in [-0.15, -0.1) is 0 Å². The van der Waals surface area contributed by atoms with E-state index in [2.05, 4.69) is 5.32 Å². The number of ether oxygens (including phenoxy) is 1. The summed E-state index contributed by atoms with van der Waals surface area (Å²) in [5.74, 6) is -0.444. The molecule has 0 radical (unpaired) electrons. The number of aryl methyl sites for hydroxylation is 1. The zero-order valence-corrected chi connectivity index (χ0v) is 18.8. The molecule has 0 bridgehead atoms. The maximum Gasteiger partial charge on any atom is 0.253 e. The number of aromatic nitrogens is 1. The minimum atomic E-state index is -1.42. The molecule has 1 fully saturated rings. The molecule has 3 aromatic rings. The van der Waals surface area contributed by atoms with Gasteiger partial charge in [0.05, 0.1) is 34.4 Å². The van der Waals surface area contributed by atoms with Gasteiger partial charge in [0.1, 0.15) is 6.04 Å². The van der Waals surface area contributed by atoms with Crippen LogP contribution in [-0.2, 0) is 11.3 Å². The number of carbonyl (C=O) groups excluding carboxylic acids is 1. The van der Waals surface area contributed by atoms with E-state index in [1.54, 1.807) is 18.3 Å². The van der Waals surface area contributed by atoms with Crippen molar-refractivity contribution in [1.29, 1.82) is 0 Å². The summed E-state index contributed by atoms with van der Waals surface area (Å²) in [7, 11) is 0. The summed E-state index contributed by atoms with van der Waals surface area (Å²) in [4.78, 5) is 13.1. The summed E-state index contributed by atoms with van der Waals surface area (Å²) in [6, 6.07) is 10.2. The Kier molecular flexibility index (Phi) is 6.76. The second kappa shape index (κ2) is 9.39. The lowest BCUT2D eigenvalue weighted by Gasteiger charge is -2.36. The van der Waals surface area contributed by atoms with Crippen molar-refractivity contribution < 1.29 is 24.9 Å². The molecule has 4 rings (SSSR count). The summed E-state index contributed by atoms with van der Waals surface area (Å²) < 4.78 is 7.21. The van der Waals surface area contributed by atoms with Crippen LogP contribution in [0.3, 0.4) is 0 Å². The minimum absolute atomic E-state index is 0.108. The van der Waals surface area contributed by atoms with Gasteiger partial charge in [-0.3, -0.25) is 4.79 Å². The van der Waals surface area contributed by atoms with Gasteiger partial charge in [0.15, 0.2) is 6.29 Å². The van der Waals surface area contributed by atoms with E-state index in [1.807, 2.05) is 35.8 Å². The maximum absolute atomic E-state index is 13.1. The number of nitrogens with zero attached hydrogens (tertiary/aromatic N) is 1. The van der Waals surface area contributed by atoms with Crippen LogP contribution in [0.4, 0.5) is 0 Å². The van der Waals surface area contributed by atoms with Gasteiger partial charge in [-0.05, 0) is 36.2 Å². The molecule has 0 aliphatic carbocycles. The first-order chi connectivity index (χ1) is 15.3. The highest BCUT2D eigenvalue weighted by Gasteiger charge is 2.38. The summed E-state index contributed by atoms with van der Waals surface area (Å²) in [5, 5.41) is 34.1. The van der Waals surface area contributed by atoms with E-state index in [1.165, 1.54) is 0 Å². The Labute approximate surface area is 195 Å². The minimum Gasteiger partial charge on any atom is -0.394 e. The van der Waals surface area contributed by atoms with Crippen LogP contribution < -0.4 is 5.32 Å². The molecule has 32 heavy (non-hydrogen) atoms. The summed E-state index contributed by atoms with van der Waals surface area (Å²) in [6.45, 7) is 2.12. The second-order valence-corrected chi connectivity index (χ2v) is 8.89. The van der Waals surface area contributed by atoms with Crippen LogP contribution in [0.2, 0.25) is 10.0 Å². The molecular formula is C23H24Cl2N2O5. The van der Waals surface area contributed by atoms with Crippen molar-refractivity contribution in [2.45, 2.75) is 44.4 Å². The van der Waals surface area contributed by atoms with Gasteiger partial charge < -0.3 is 29.9 Å². The number of hydrogen-bond acceptors (Lipinski definition) is 5. The van der Waals surface area contributed by atoms with Gasteiger partial charge in [0.25, 0.3) is 5.91 Å². The number of halogens is 2.